The molecule has 0 fully saturated rings. The van der Waals surface area contributed by atoms with Crippen LogP contribution < -0.4 is 10.5 Å². The molecule has 0 aromatic heterocycles. The number of methoxy groups -OCH3 is 4. The van der Waals surface area contributed by atoms with Gasteiger partial charge in [0, 0.05) is 4.47 Å². The van der Waals surface area contributed by atoms with Crippen molar-refractivity contribution in [3.8, 4) is 5.75 Å². The van der Waals surface area contributed by atoms with Crippen molar-refractivity contribution in [2.45, 2.75) is 22.3 Å². The number of hydrogen-bond donors (Lipinski definition) is 1. The molecule has 0 saturated heterocycles. The Balaban J connectivity index is 2.98. The molecular weight excluding hydrogens is 534 g/mol. The Morgan fingerprint density at radius 3 is 1.91 bits per heavy atom. The summed E-state index contributed by atoms with van der Waals surface area (Å²) < 4.78 is 47.2. The van der Waals surface area contributed by atoms with Crippen LogP contribution in [-0.2, 0) is 39.2 Å². The molecule has 1 unspecified atom stereocenters. The number of halogens is 1. The Hall–Kier alpha value is -2.96. The van der Waals surface area contributed by atoms with Crippen LogP contribution in [0.1, 0.15) is 22.8 Å². The fourth-order valence-electron chi connectivity index (χ4n) is 3.39. The number of nitrogens with two attached hydrogens (primary N) is 1. The summed E-state index contributed by atoms with van der Waals surface area (Å²) in [6.45, 7) is 1.27. The fourth-order valence-corrected chi connectivity index (χ4v) is 5.58. The van der Waals surface area contributed by atoms with Gasteiger partial charge < -0.3 is 24.7 Å². The molecule has 0 saturated carbocycles. The molecular formula is C22H24BrNO9S. The van der Waals surface area contributed by atoms with E-state index in [1.165, 1.54) is 50.4 Å². The van der Waals surface area contributed by atoms with Crippen molar-refractivity contribution in [3.63, 3.8) is 0 Å². The maximum absolute atomic E-state index is 13.8. The van der Waals surface area contributed by atoms with E-state index in [0.29, 0.717) is 5.75 Å². The molecule has 0 amide bonds. The molecule has 0 aliphatic carbocycles. The standard InChI is InChI=1S/C22H24BrNO9S/c1-22(24,17(20(26)32-4)21(27)33-5)16-11-12(23)10-15(19(25)31-3)18(16)34(28,29)14-8-6-13(30-2)7-9-14/h6-11,17H,24H2,1-5H3. The summed E-state index contributed by atoms with van der Waals surface area (Å²) in [4.78, 5) is 37.0. The third-order valence-electron chi connectivity index (χ3n) is 5.15. The van der Waals surface area contributed by atoms with Gasteiger partial charge in [0.25, 0.3) is 0 Å². The summed E-state index contributed by atoms with van der Waals surface area (Å²) in [7, 11) is 0.157. The van der Waals surface area contributed by atoms with Gasteiger partial charge in [-0.2, -0.15) is 0 Å². The molecule has 0 spiro atoms. The first-order valence-electron chi connectivity index (χ1n) is 9.62. The zero-order chi connectivity index (χ0) is 25.8. The first-order valence-corrected chi connectivity index (χ1v) is 11.9. The maximum Gasteiger partial charge on any atom is 0.339 e. The third kappa shape index (κ3) is 5.08. The second-order valence-electron chi connectivity index (χ2n) is 7.26. The zero-order valence-corrected chi connectivity index (χ0v) is 21.5. The molecule has 1 atom stereocenters. The first kappa shape index (κ1) is 27.3. The van der Waals surface area contributed by atoms with Crippen LogP contribution in [0, 0.1) is 5.92 Å². The van der Waals surface area contributed by atoms with Crippen LogP contribution in [0.4, 0.5) is 0 Å². The predicted octanol–water partition coefficient (Wildman–Crippen LogP) is 2.21. The molecule has 0 aliphatic rings. The van der Waals surface area contributed by atoms with Gasteiger partial charge in [0.1, 0.15) is 5.75 Å². The number of rotatable bonds is 8. The Morgan fingerprint density at radius 1 is 0.941 bits per heavy atom. The van der Waals surface area contributed by atoms with Crippen molar-refractivity contribution in [1.29, 1.82) is 0 Å². The van der Waals surface area contributed by atoms with Crippen LogP contribution in [0.5, 0.6) is 5.75 Å². The van der Waals surface area contributed by atoms with Crippen molar-refractivity contribution in [1.82, 2.24) is 0 Å². The predicted molar refractivity (Wildman–Crippen MR) is 123 cm³/mol. The van der Waals surface area contributed by atoms with Gasteiger partial charge in [0.05, 0.1) is 49.3 Å². The van der Waals surface area contributed by atoms with E-state index in [4.69, 9.17) is 24.7 Å². The van der Waals surface area contributed by atoms with Crippen molar-refractivity contribution < 1.29 is 41.7 Å². The number of ether oxygens (including phenoxy) is 4. The van der Waals surface area contributed by atoms with Crippen molar-refractivity contribution in [2.24, 2.45) is 11.7 Å². The smallest absolute Gasteiger partial charge is 0.339 e. The first-order chi connectivity index (χ1) is 15.9. The Kier molecular flexibility index (Phi) is 8.45. The van der Waals surface area contributed by atoms with Crippen molar-refractivity contribution in [3.05, 3.63) is 52.0 Å². The van der Waals surface area contributed by atoms with Gasteiger partial charge >= 0.3 is 17.9 Å². The molecule has 0 aliphatic heterocycles. The van der Waals surface area contributed by atoms with E-state index in [9.17, 15) is 22.8 Å². The second kappa shape index (κ2) is 10.5. The van der Waals surface area contributed by atoms with Gasteiger partial charge in [0.15, 0.2) is 5.92 Å². The molecule has 0 bridgehead atoms. The molecule has 12 heteroatoms. The number of carbonyl (C=O) groups is 3. The number of carbonyl (C=O) groups excluding carboxylic acids is 3. The number of sulfone groups is 1. The summed E-state index contributed by atoms with van der Waals surface area (Å²) in [5.74, 6) is -4.43. The van der Waals surface area contributed by atoms with Gasteiger partial charge in [-0.3, -0.25) is 9.59 Å². The van der Waals surface area contributed by atoms with Crippen molar-refractivity contribution >= 4 is 43.7 Å². The van der Waals surface area contributed by atoms with Crippen LogP contribution in [0.3, 0.4) is 0 Å². The maximum atomic E-state index is 13.8. The average Bonchev–Trinajstić information content (AvgIpc) is 2.82. The number of esters is 3. The van der Waals surface area contributed by atoms with Crippen LogP contribution in [0.2, 0.25) is 0 Å². The molecule has 2 N–H and O–H groups in total. The minimum Gasteiger partial charge on any atom is -0.497 e. The zero-order valence-electron chi connectivity index (χ0n) is 19.1. The van der Waals surface area contributed by atoms with E-state index in [-0.39, 0.29) is 20.5 Å². The highest BCUT2D eigenvalue weighted by Crippen LogP contribution is 2.40. The van der Waals surface area contributed by atoms with E-state index < -0.39 is 44.1 Å². The highest BCUT2D eigenvalue weighted by atomic mass is 79.9. The Morgan fingerprint density at radius 2 is 1.47 bits per heavy atom. The quantitative estimate of drug-likeness (QED) is 0.290. The summed E-state index contributed by atoms with van der Waals surface area (Å²) in [5.41, 5.74) is 3.92. The highest BCUT2D eigenvalue weighted by Gasteiger charge is 2.48. The van der Waals surface area contributed by atoms with E-state index in [1.807, 2.05) is 0 Å². The topological polar surface area (TPSA) is 148 Å². The summed E-state index contributed by atoms with van der Waals surface area (Å²) in [5, 5.41) is 0. The second-order valence-corrected chi connectivity index (χ2v) is 10.1. The van der Waals surface area contributed by atoms with Gasteiger partial charge in [-0.25, -0.2) is 13.2 Å². The SMILES string of the molecule is COC(=O)c1cc(Br)cc(C(C)(N)C(C(=O)OC)C(=O)OC)c1S(=O)(=O)c1ccc(OC)cc1. The Labute approximate surface area is 205 Å². The monoisotopic (exact) mass is 557 g/mol. The lowest BCUT2D eigenvalue weighted by Crippen LogP contribution is -2.50. The summed E-state index contributed by atoms with van der Waals surface area (Å²) in [6.07, 6.45) is 0. The lowest BCUT2D eigenvalue weighted by molar-refractivity contribution is -0.162. The highest BCUT2D eigenvalue weighted by molar-refractivity contribution is 9.10. The largest absolute Gasteiger partial charge is 0.497 e. The van der Waals surface area contributed by atoms with Gasteiger partial charge in [-0.05, 0) is 48.9 Å². The fraction of sp³-hybridized carbons (Fsp3) is 0.318. The van der Waals surface area contributed by atoms with Crippen LogP contribution in [0.15, 0.2) is 50.7 Å². The van der Waals surface area contributed by atoms with E-state index in [0.717, 1.165) is 21.3 Å². The van der Waals surface area contributed by atoms with Crippen LogP contribution in [-0.4, -0.2) is 54.8 Å². The minimum atomic E-state index is -4.44. The normalized spacial score (nSPS) is 13.1. The molecule has 2 aromatic rings. The van der Waals surface area contributed by atoms with Gasteiger partial charge in [-0.15, -0.1) is 0 Å². The number of hydrogen-bond acceptors (Lipinski definition) is 10. The molecule has 2 rings (SSSR count). The molecule has 34 heavy (non-hydrogen) atoms. The molecule has 184 valence electrons. The van der Waals surface area contributed by atoms with Crippen molar-refractivity contribution in [2.75, 3.05) is 28.4 Å². The molecule has 10 nitrogen and oxygen atoms in total. The number of benzene rings is 2. The molecule has 0 radical (unpaired) electrons. The Bertz CT molecular complexity index is 1190. The lowest BCUT2D eigenvalue weighted by atomic mass is 9.79. The van der Waals surface area contributed by atoms with Gasteiger partial charge in [0.2, 0.25) is 9.84 Å². The molecule has 0 heterocycles. The summed E-state index contributed by atoms with van der Waals surface area (Å²) in [6, 6.07) is 7.97. The van der Waals surface area contributed by atoms with E-state index >= 15 is 0 Å². The summed E-state index contributed by atoms with van der Waals surface area (Å²) >= 11 is 3.23. The molecule has 2 aromatic carbocycles. The average molecular weight is 558 g/mol. The third-order valence-corrected chi connectivity index (χ3v) is 7.48. The van der Waals surface area contributed by atoms with Crippen LogP contribution in [0.25, 0.3) is 0 Å². The van der Waals surface area contributed by atoms with E-state index in [1.54, 1.807) is 0 Å². The van der Waals surface area contributed by atoms with E-state index in [2.05, 4.69) is 15.9 Å². The minimum absolute atomic E-state index is 0.189. The lowest BCUT2D eigenvalue weighted by Gasteiger charge is -2.33. The van der Waals surface area contributed by atoms with Crippen LogP contribution >= 0.6 is 15.9 Å². The van der Waals surface area contributed by atoms with Gasteiger partial charge in [-0.1, -0.05) is 15.9 Å².